The second-order valence-electron chi connectivity index (χ2n) is 6.81. The summed E-state index contributed by atoms with van der Waals surface area (Å²) in [6, 6.07) is 20.6. The molecule has 0 radical (unpaired) electrons. The number of alkyl halides is 3. The molecule has 0 aliphatic rings. The first-order valence-electron chi connectivity index (χ1n) is 9.01. The number of hydrogen-bond acceptors (Lipinski definition) is 2. The SMILES string of the molecule is COc1ccc2c(c1)cc1c(-c3ccc(C(F)(F)F)cc3)nc3ccccc3n12. The lowest BCUT2D eigenvalue weighted by molar-refractivity contribution is -0.137. The van der Waals surface area contributed by atoms with Gasteiger partial charge in [-0.3, -0.25) is 0 Å². The van der Waals surface area contributed by atoms with E-state index in [1.54, 1.807) is 7.11 Å². The largest absolute Gasteiger partial charge is 0.497 e. The molecule has 0 spiro atoms. The van der Waals surface area contributed by atoms with Crippen LogP contribution in [0, 0.1) is 0 Å². The average molecular weight is 392 g/mol. The summed E-state index contributed by atoms with van der Waals surface area (Å²) in [4.78, 5) is 4.77. The lowest BCUT2D eigenvalue weighted by atomic mass is 10.1. The van der Waals surface area contributed by atoms with Crippen LogP contribution in [0.2, 0.25) is 0 Å². The van der Waals surface area contributed by atoms with Crippen LogP contribution in [0.5, 0.6) is 5.75 Å². The number of rotatable bonds is 2. The number of fused-ring (bicyclic) bond motifs is 5. The Labute approximate surface area is 164 Å². The summed E-state index contributed by atoms with van der Waals surface area (Å²) in [6.07, 6.45) is -4.37. The maximum Gasteiger partial charge on any atom is 0.416 e. The predicted octanol–water partition coefficient (Wildman–Crippen LogP) is 6.34. The van der Waals surface area contributed by atoms with Gasteiger partial charge >= 0.3 is 6.18 Å². The lowest BCUT2D eigenvalue weighted by Gasteiger charge is -2.11. The molecular formula is C23H15F3N2O. The maximum absolute atomic E-state index is 13.0. The zero-order valence-corrected chi connectivity index (χ0v) is 15.4. The Kier molecular flexibility index (Phi) is 3.77. The Bertz CT molecular complexity index is 1370. The highest BCUT2D eigenvalue weighted by Crippen LogP contribution is 2.35. The van der Waals surface area contributed by atoms with Gasteiger partial charge in [0.05, 0.1) is 40.4 Å². The van der Waals surface area contributed by atoms with Crippen LogP contribution >= 0.6 is 0 Å². The number of benzene rings is 3. The first kappa shape index (κ1) is 17.6. The number of ether oxygens (including phenoxy) is 1. The van der Waals surface area contributed by atoms with E-state index in [1.807, 2.05) is 48.5 Å². The lowest BCUT2D eigenvalue weighted by Crippen LogP contribution is -2.04. The van der Waals surface area contributed by atoms with E-state index in [1.165, 1.54) is 12.1 Å². The molecule has 29 heavy (non-hydrogen) atoms. The average Bonchev–Trinajstić information content (AvgIpc) is 3.11. The minimum atomic E-state index is -4.37. The first-order valence-corrected chi connectivity index (χ1v) is 9.01. The summed E-state index contributed by atoms with van der Waals surface area (Å²) >= 11 is 0. The number of nitrogens with zero attached hydrogens (tertiary/aromatic N) is 2. The molecular weight excluding hydrogens is 377 g/mol. The molecule has 0 saturated heterocycles. The monoisotopic (exact) mass is 392 g/mol. The molecule has 0 fully saturated rings. The molecule has 0 atom stereocenters. The molecule has 0 amide bonds. The fourth-order valence-corrected chi connectivity index (χ4v) is 3.71. The third-order valence-electron chi connectivity index (χ3n) is 5.09. The van der Waals surface area contributed by atoms with Crippen molar-refractivity contribution in [3.05, 3.63) is 78.4 Å². The van der Waals surface area contributed by atoms with Crippen LogP contribution in [0.3, 0.4) is 0 Å². The van der Waals surface area contributed by atoms with Gasteiger partial charge in [0.1, 0.15) is 5.75 Å². The van der Waals surface area contributed by atoms with E-state index in [-0.39, 0.29) is 0 Å². The standard InChI is InChI=1S/C23H15F3N2O/c1-29-17-10-11-19-15(12-17)13-21-22(14-6-8-16(9-7-14)23(24,25)26)27-18-4-2-3-5-20(18)28(19)21/h2-13H,1H3. The summed E-state index contributed by atoms with van der Waals surface area (Å²) in [5.41, 5.74) is 4.08. The highest BCUT2D eigenvalue weighted by atomic mass is 19.4. The smallest absolute Gasteiger partial charge is 0.416 e. The van der Waals surface area contributed by atoms with Crippen molar-refractivity contribution in [3.63, 3.8) is 0 Å². The van der Waals surface area contributed by atoms with Crippen LogP contribution in [-0.4, -0.2) is 16.5 Å². The third kappa shape index (κ3) is 2.79. The highest BCUT2D eigenvalue weighted by Gasteiger charge is 2.30. The third-order valence-corrected chi connectivity index (χ3v) is 5.09. The van der Waals surface area contributed by atoms with Crippen LogP contribution in [0.1, 0.15) is 5.56 Å². The van der Waals surface area contributed by atoms with E-state index in [9.17, 15) is 13.2 Å². The first-order chi connectivity index (χ1) is 14.0. The predicted molar refractivity (Wildman–Crippen MR) is 107 cm³/mol. The molecule has 5 rings (SSSR count). The summed E-state index contributed by atoms with van der Waals surface area (Å²) in [7, 11) is 1.61. The van der Waals surface area contributed by atoms with Gasteiger partial charge in [0.2, 0.25) is 0 Å². The summed E-state index contributed by atoms with van der Waals surface area (Å²) in [6.45, 7) is 0. The molecule has 3 nitrogen and oxygen atoms in total. The topological polar surface area (TPSA) is 26.5 Å². The molecule has 5 aromatic rings. The van der Waals surface area contributed by atoms with Gasteiger partial charge in [-0.05, 0) is 48.5 Å². The Balaban J connectivity index is 1.84. The summed E-state index contributed by atoms with van der Waals surface area (Å²) in [5.74, 6) is 0.738. The van der Waals surface area contributed by atoms with Crippen molar-refractivity contribution in [1.29, 1.82) is 0 Å². The van der Waals surface area contributed by atoms with Gasteiger partial charge in [0.15, 0.2) is 0 Å². The van der Waals surface area contributed by atoms with Crippen LogP contribution < -0.4 is 4.74 Å². The second kappa shape index (κ2) is 6.24. The molecule has 2 aromatic heterocycles. The number of methoxy groups -OCH3 is 1. The van der Waals surface area contributed by atoms with Gasteiger partial charge in [-0.15, -0.1) is 0 Å². The van der Waals surface area contributed by atoms with E-state index >= 15 is 0 Å². The van der Waals surface area contributed by atoms with E-state index in [2.05, 4.69) is 4.40 Å². The number of para-hydroxylation sites is 2. The normalized spacial score (nSPS) is 12.1. The molecule has 2 heterocycles. The van der Waals surface area contributed by atoms with Crippen LogP contribution in [0.15, 0.2) is 72.8 Å². The van der Waals surface area contributed by atoms with E-state index in [4.69, 9.17) is 9.72 Å². The molecule has 144 valence electrons. The zero-order valence-electron chi connectivity index (χ0n) is 15.4. The van der Waals surface area contributed by atoms with Gasteiger partial charge in [-0.2, -0.15) is 13.2 Å². The Morgan fingerprint density at radius 2 is 1.59 bits per heavy atom. The Morgan fingerprint density at radius 1 is 0.828 bits per heavy atom. The van der Waals surface area contributed by atoms with Gasteiger partial charge in [0.25, 0.3) is 0 Å². The van der Waals surface area contributed by atoms with E-state index < -0.39 is 11.7 Å². The summed E-state index contributed by atoms with van der Waals surface area (Å²) < 4.78 is 46.3. The quantitative estimate of drug-likeness (QED) is 0.351. The van der Waals surface area contributed by atoms with Crippen LogP contribution in [0.4, 0.5) is 13.2 Å². The maximum atomic E-state index is 13.0. The Hall–Kier alpha value is -3.54. The van der Waals surface area contributed by atoms with Crippen molar-refractivity contribution in [2.24, 2.45) is 0 Å². The van der Waals surface area contributed by atoms with Crippen LogP contribution in [-0.2, 0) is 6.18 Å². The van der Waals surface area contributed by atoms with Crippen molar-refractivity contribution in [3.8, 4) is 17.0 Å². The molecule has 0 bridgehead atoms. The Morgan fingerprint density at radius 3 is 2.31 bits per heavy atom. The molecule has 0 saturated carbocycles. The van der Waals surface area contributed by atoms with Gasteiger partial charge < -0.3 is 9.14 Å². The number of hydrogen-bond donors (Lipinski definition) is 0. The molecule has 0 N–H and O–H groups in total. The van der Waals surface area contributed by atoms with Crippen molar-refractivity contribution < 1.29 is 17.9 Å². The van der Waals surface area contributed by atoms with Gasteiger partial charge in [-0.1, -0.05) is 24.3 Å². The fourth-order valence-electron chi connectivity index (χ4n) is 3.71. The number of halogens is 3. The van der Waals surface area contributed by atoms with Gasteiger partial charge in [-0.25, -0.2) is 4.98 Å². The minimum Gasteiger partial charge on any atom is -0.497 e. The second-order valence-corrected chi connectivity index (χ2v) is 6.81. The fraction of sp³-hybridized carbons (Fsp3) is 0.0870. The molecule has 0 unspecified atom stereocenters. The van der Waals surface area contributed by atoms with Crippen molar-refractivity contribution >= 4 is 27.5 Å². The summed E-state index contributed by atoms with van der Waals surface area (Å²) in [5, 5.41) is 0.968. The molecule has 0 aliphatic heterocycles. The molecule has 3 aromatic carbocycles. The van der Waals surface area contributed by atoms with E-state index in [0.717, 1.165) is 45.3 Å². The zero-order chi connectivity index (χ0) is 20.2. The number of aromatic nitrogens is 2. The van der Waals surface area contributed by atoms with Crippen molar-refractivity contribution in [2.75, 3.05) is 7.11 Å². The van der Waals surface area contributed by atoms with Crippen LogP contribution in [0.25, 0.3) is 38.7 Å². The molecule has 0 aliphatic carbocycles. The van der Waals surface area contributed by atoms with E-state index in [0.29, 0.717) is 11.3 Å². The van der Waals surface area contributed by atoms with Crippen molar-refractivity contribution in [1.82, 2.24) is 9.38 Å². The van der Waals surface area contributed by atoms with Crippen molar-refractivity contribution in [2.45, 2.75) is 6.18 Å². The highest BCUT2D eigenvalue weighted by molar-refractivity contribution is 5.98. The molecule has 6 heteroatoms. The minimum absolute atomic E-state index is 0.628. The van der Waals surface area contributed by atoms with Gasteiger partial charge in [0, 0.05) is 10.9 Å².